The number of nitrogens with one attached hydrogen (secondary N) is 1. The number of thioether (sulfide) groups is 1. The normalized spacial score (nSPS) is 15.3. The Bertz CT molecular complexity index is 1480. The molecule has 1 aliphatic heterocycles. The second kappa shape index (κ2) is 7.14. The fraction of sp³-hybridized carbons (Fsp3) is 0.130. The first-order valence-corrected chi connectivity index (χ1v) is 12.2. The summed E-state index contributed by atoms with van der Waals surface area (Å²) in [6.07, 6.45) is 4.04. The number of aromatic nitrogens is 4. The van der Waals surface area contributed by atoms with Gasteiger partial charge in [0.05, 0.1) is 31.2 Å². The average molecular weight is 483 g/mol. The van der Waals surface area contributed by atoms with Crippen molar-refractivity contribution < 1.29 is 0 Å². The van der Waals surface area contributed by atoms with Crippen LogP contribution in [-0.4, -0.2) is 19.7 Å². The molecule has 1 unspecified atom stereocenters. The van der Waals surface area contributed by atoms with E-state index in [1.54, 1.807) is 23.1 Å². The third kappa shape index (κ3) is 3.04. The number of H-pyrrole nitrogens is 1. The van der Waals surface area contributed by atoms with Crippen molar-refractivity contribution in [3.8, 4) is 27.5 Å². The molecule has 154 valence electrons. The Balaban J connectivity index is 1.47. The molecule has 3 aromatic heterocycles. The Hall–Kier alpha value is -2.25. The molecule has 1 N–H and O–H groups in total. The van der Waals surface area contributed by atoms with E-state index in [4.69, 9.17) is 33.3 Å². The molecular formula is C23H16Cl2N4S2. The van der Waals surface area contributed by atoms with Gasteiger partial charge in [0.25, 0.3) is 0 Å². The van der Waals surface area contributed by atoms with Crippen LogP contribution < -0.4 is 0 Å². The van der Waals surface area contributed by atoms with Crippen LogP contribution in [0.1, 0.15) is 23.4 Å². The fourth-order valence-corrected chi connectivity index (χ4v) is 6.94. The molecule has 31 heavy (non-hydrogen) atoms. The molecule has 2 aromatic carbocycles. The molecule has 0 bridgehead atoms. The maximum absolute atomic E-state index is 6.33. The summed E-state index contributed by atoms with van der Waals surface area (Å²) in [4.78, 5) is 8.31. The second-order valence-corrected chi connectivity index (χ2v) is 11.0. The largest absolute Gasteiger partial charge is 0.361 e. The molecule has 0 saturated heterocycles. The van der Waals surface area contributed by atoms with Gasteiger partial charge in [0.2, 0.25) is 5.13 Å². The van der Waals surface area contributed by atoms with E-state index >= 15 is 0 Å². The lowest BCUT2D eigenvalue weighted by molar-refractivity contribution is 0.853. The molecule has 1 aliphatic rings. The minimum atomic E-state index is 0.283. The van der Waals surface area contributed by atoms with E-state index in [9.17, 15) is 0 Å². The second-order valence-electron chi connectivity index (χ2n) is 7.57. The first-order valence-electron chi connectivity index (χ1n) is 9.79. The topological polar surface area (TPSA) is 46.5 Å². The number of rotatable bonds is 2. The molecule has 0 saturated carbocycles. The lowest BCUT2D eigenvalue weighted by Crippen LogP contribution is -2.00. The number of hydrogen-bond donors (Lipinski definition) is 1. The highest BCUT2D eigenvalue weighted by molar-refractivity contribution is 8.01. The third-order valence-corrected chi connectivity index (χ3v) is 8.74. The highest BCUT2D eigenvalue weighted by atomic mass is 35.5. The number of aromatic amines is 1. The zero-order chi connectivity index (χ0) is 21.3. The summed E-state index contributed by atoms with van der Waals surface area (Å²) in [5.41, 5.74) is 7.50. The number of aryl methyl sites for hydroxylation is 1. The van der Waals surface area contributed by atoms with E-state index in [-0.39, 0.29) is 5.25 Å². The van der Waals surface area contributed by atoms with Gasteiger partial charge in [-0.3, -0.25) is 0 Å². The molecule has 0 radical (unpaired) electrons. The van der Waals surface area contributed by atoms with E-state index in [1.165, 1.54) is 15.2 Å². The van der Waals surface area contributed by atoms with Crippen molar-refractivity contribution in [2.45, 2.75) is 23.3 Å². The van der Waals surface area contributed by atoms with Crippen molar-refractivity contribution in [1.29, 1.82) is 0 Å². The van der Waals surface area contributed by atoms with Crippen molar-refractivity contribution in [3.63, 3.8) is 0 Å². The van der Waals surface area contributed by atoms with Gasteiger partial charge < -0.3 is 4.98 Å². The molecule has 4 heterocycles. The van der Waals surface area contributed by atoms with Gasteiger partial charge in [-0.25, -0.2) is 9.67 Å². The number of thiazole rings is 1. The fourth-order valence-electron chi connectivity index (χ4n) is 4.10. The van der Waals surface area contributed by atoms with Gasteiger partial charge in [-0.2, -0.15) is 5.10 Å². The van der Waals surface area contributed by atoms with E-state index in [0.29, 0.717) is 10.0 Å². The Kier molecular flexibility index (Phi) is 4.47. The van der Waals surface area contributed by atoms with Crippen LogP contribution >= 0.6 is 46.3 Å². The maximum atomic E-state index is 6.33. The van der Waals surface area contributed by atoms with Gasteiger partial charge in [0, 0.05) is 34.3 Å². The van der Waals surface area contributed by atoms with E-state index in [1.807, 2.05) is 29.9 Å². The zero-order valence-corrected chi connectivity index (χ0v) is 19.8. The van der Waals surface area contributed by atoms with Gasteiger partial charge in [-0.1, -0.05) is 52.7 Å². The molecule has 0 spiro atoms. The highest BCUT2D eigenvalue weighted by Gasteiger charge is 2.28. The number of halogens is 2. The molecule has 0 fully saturated rings. The molecule has 4 nitrogen and oxygen atoms in total. The molecule has 0 aliphatic carbocycles. The summed E-state index contributed by atoms with van der Waals surface area (Å²) in [5, 5.41) is 8.24. The summed E-state index contributed by atoms with van der Waals surface area (Å²) in [5.74, 6) is 0. The summed E-state index contributed by atoms with van der Waals surface area (Å²) < 4.78 is 3.06. The quantitative estimate of drug-likeness (QED) is 0.277. The van der Waals surface area contributed by atoms with Crippen LogP contribution in [-0.2, 0) is 0 Å². The molecule has 8 heteroatoms. The van der Waals surface area contributed by atoms with Crippen molar-refractivity contribution in [2.24, 2.45) is 0 Å². The lowest BCUT2D eigenvalue weighted by atomic mass is 10.0. The average Bonchev–Trinajstić information content (AvgIpc) is 3.47. The summed E-state index contributed by atoms with van der Waals surface area (Å²) in [6, 6.07) is 12.3. The van der Waals surface area contributed by atoms with Gasteiger partial charge in [-0.15, -0.1) is 11.8 Å². The first-order chi connectivity index (χ1) is 15.0. The van der Waals surface area contributed by atoms with Crippen molar-refractivity contribution >= 4 is 57.2 Å². The number of nitrogens with zero attached hydrogens (tertiary/aromatic N) is 3. The van der Waals surface area contributed by atoms with Gasteiger partial charge in [0.15, 0.2) is 0 Å². The Morgan fingerprint density at radius 1 is 1.06 bits per heavy atom. The Labute approximate surface area is 197 Å². The van der Waals surface area contributed by atoms with Crippen molar-refractivity contribution in [2.75, 3.05) is 0 Å². The Morgan fingerprint density at radius 3 is 2.77 bits per heavy atom. The van der Waals surface area contributed by atoms with E-state index in [2.05, 4.69) is 42.4 Å². The van der Waals surface area contributed by atoms with Crippen LogP contribution in [0.5, 0.6) is 0 Å². The summed E-state index contributed by atoms with van der Waals surface area (Å²) in [7, 11) is 0. The first kappa shape index (κ1) is 19.4. The SMILES string of the molecule is Cc1nn(-c2nc3c(s2)SC(C)c2cc(Cl)c(Cl)cc2-3)cc1-c1cccc2cc[nH]c12. The van der Waals surface area contributed by atoms with E-state index in [0.717, 1.165) is 38.7 Å². The summed E-state index contributed by atoms with van der Waals surface area (Å²) in [6.45, 7) is 4.22. The van der Waals surface area contributed by atoms with Crippen LogP contribution in [0.2, 0.25) is 10.0 Å². The Morgan fingerprint density at radius 2 is 1.90 bits per heavy atom. The van der Waals surface area contributed by atoms with Crippen molar-refractivity contribution in [1.82, 2.24) is 19.7 Å². The van der Waals surface area contributed by atoms with Crippen LogP contribution in [0.15, 0.2) is 53.0 Å². The minimum absolute atomic E-state index is 0.283. The predicted molar refractivity (Wildman–Crippen MR) is 131 cm³/mol. The van der Waals surface area contributed by atoms with Gasteiger partial charge in [0.1, 0.15) is 0 Å². The number of hydrogen-bond acceptors (Lipinski definition) is 4. The molecule has 0 amide bonds. The minimum Gasteiger partial charge on any atom is -0.361 e. The molecule has 5 aromatic rings. The van der Waals surface area contributed by atoms with Crippen LogP contribution in [0.4, 0.5) is 0 Å². The maximum Gasteiger partial charge on any atom is 0.211 e. The monoisotopic (exact) mass is 482 g/mol. The summed E-state index contributed by atoms with van der Waals surface area (Å²) >= 11 is 16.1. The lowest BCUT2D eigenvalue weighted by Gasteiger charge is -2.21. The van der Waals surface area contributed by atoms with Crippen LogP contribution in [0.3, 0.4) is 0 Å². The van der Waals surface area contributed by atoms with Crippen LogP contribution in [0, 0.1) is 6.92 Å². The molecule has 6 rings (SSSR count). The number of fused-ring (bicyclic) bond motifs is 4. The van der Waals surface area contributed by atoms with Crippen LogP contribution in [0.25, 0.3) is 38.4 Å². The number of benzene rings is 2. The molecule has 1 atom stereocenters. The molecular weight excluding hydrogens is 467 g/mol. The van der Waals surface area contributed by atoms with Gasteiger partial charge in [-0.05, 0) is 43.0 Å². The highest BCUT2D eigenvalue weighted by Crippen LogP contribution is 2.52. The van der Waals surface area contributed by atoms with Gasteiger partial charge >= 0.3 is 0 Å². The standard InChI is InChI=1S/C23H16Cl2N4S2/c1-11-17(14-5-3-4-13-6-7-26-20(13)14)10-29(28-11)23-27-21-16-9-19(25)18(24)8-15(16)12(2)30-22(21)31-23/h3-10,12,26H,1-2H3. The third-order valence-electron chi connectivity index (χ3n) is 5.63. The van der Waals surface area contributed by atoms with Crippen molar-refractivity contribution in [3.05, 3.63) is 70.1 Å². The smallest absolute Gasteiger partial charge is 0.211 e. The van der Waals surface area contributed by atoms with E-state index < -0.39 is 0 Å². The predicted octanol–water partition coefficient (Wildman–Crippen LogP) is 7.93. The number of para-hydroxylation sites is 1. The zero-order valence-electron chi connectivity index (χ0n) is 16.6.